The van der Waals surface area contributed by atoms with E-state index in [-0.39, 0.29) is 30.4 Å². The predicted octanol–water partition coefficient (Wildman–Crippen LogP) is -0.504. The van der Waals surface area contributed by atoms with Crippen LogP contribution in [-0.2, 0) is 9.59 Å². The number of piperidine rings is 1. The van der Waals surface area contributed by atoms with Crippen LogP contribution in [-0.4, -0.2) is 47.6 Å². The highest BCUT2D eigenvalue weighted by atomic mass is 16.3. The Morgan fingerprint density at radius 3 is 2.94 bits per heavy atom. The van der Waals surface area contributed by atoms with E-state index in [2.05, 4.69) is 5.32 Å². The molecule has 2 aliphatic heterocycles. The summed E-state index contributed by atoms with van der Waals surface area (Å²) in [5.74, 6) is 0.0329. The summed E-state index contributed by atoms with van der Waals surface area (Å²) in [6.45, 7) is 1.24. The number of nitrogens with one attached hydrogen (secondary N) is 1. The van der Waals surface area contributed by atoms with Crippen LogP contribution >= 0.6 is 0 Å². The zero-order chi connectivity index (χ0) is 11.5. The maximum atomic E-state index is 12.1. The van der Waals surface area contributed by atoms with E-state index in [0.29, 0.717) is 19.4 Å². The first kappa shape index (κ1) is 11.4. The number of aliphatic hydroxyl groups excluding tert-OH is 1. The normalized spacial score (nSPS) is 30.3. The van der Waals surface area contributed by atoms with Gasteiger partial charge in [0.1, 0.15) is 0 Å². The second-order valence-electron chi connectivity index (χ2n) is 4.55. The minimum Gasteiger partial charge on any atom is -0.394 e. The van der Waals surface area contributed by atoms with Gasteiger partial charge >= 0.3 is 0 Å². The van der Waals surface area contributed by atoms with Gasteiger partial charge in [-0.1, -0.05) is 0 Å². The number of amides is 2. The Labute approximate surface area is 94.8 Å². The second kappa shape index (κ2) is 4.82. The minimum atomic E-state index is -0.0927. The summed E-state index contributed by atoms with van der Waals surface area (Å²) in [6.07, 6.45) is 2.94. The molecule has 0 aromatic carbocycles. The molecule has 0 aliphatic carbocycles. The third kappa shape index (κ3) is 2.19. The molecule has 2 unspecified atom stereocenters. The van der Waals surface area contributed by atoms with Gasteiger partial charge < -0.3 is 15.3 Å². The Hall–Kier alpha value is -1.10. The number of carbonyl (C=O) groups excluding carboxylic acids is 2. The van der Waals surface area contributed by atoms with Crippen molar-refractivity contribution < 1.29 is 14.7 Å². The van der Waals surface area contributed by atoms with E-state index >= 15 is 0 Å². The van der Waals surface area contributed by atoms with E-state index in [0.717, 1.165) is 19.4 Å². The molecule has 2 atom stereocenters. The van der Waals surface area contributed by atoms with E-state index in [9.17, 15) is 9.59 Å². The molecule has 5 heteroatoms. The first-order chi connectivity index (χ1) is 7.72. The summed E-state index contributed by atoms with van der Waals surface area (Å²) in [6, 6.07) is -0.00914. The predicted molar refractivity (Wildman–Crippen MR) is 57.6 cm³/mol. The van der Waals surface area contributed by atoms with E-state index in [1.165, 1.54) is 0 Å². The lowest BCUT2D eigenvalue weighted by Gasteiger charge is -2.29. The lowest BCUT2D eigenvalue weighted by atomic mass is 9.97. The summed E-state index contributed by atoms with van der Waals surface area (Å²) >= 11 is 0. The van der Waals surface area contributed by atoms with Crippen molar-refractivity contribution in [3.8, 4) is 0 Å². The van der Waals surface area contributed by atoms with Crippen LogP contribution in [0.2, 0.25) is 0 Å². The smallest absolute Gasteiger partial charge is 0.227 e. The SMILES string of the molecule is O=C1CCC(C(=O)N2CCCC2CO)CN1. The zero-order valence-electron chi connectivity index (χ0n) is 9.32. The fraction of sp³-hybridized carbons (Fsp3) is 0.818. The first-order valence-electron chi connectivity index (χ1n) is 5.90. The van der Waals surface area contributed by atoms with Crippen molar-refractivity contribution in [3.63, 3.8) is 0 Å². The minimum absolute atomic E-state index is 0.00914. The van der Waals surface area contributed by atoms with Crippen molar-refractivity contribution in [2.24, 2.45) is 5.92 Å². The van der Waals surface area contributed by atoms with Gasteiger partial charge in [0.2, 0.25) is 11.8 Å². The lowest BCUT2D eigenvalue weighted by Crippen LogP contribution is -2.47. The van der Waals surface area contributed by atoms with Crippen LogP contribution in [0, 0.1) is 5.92 Å². The van der Waals surface area contributed by atoms with Crippen LogP contribution in [0.3, 0.4) is 0 Å². The molecule has 2 aliphatic rings. The third-order valence-corrected chi connectivity index (χ3v) is 3.49. The van der Waals surface area contributed by atoms with E-state index in [1.54, 1.807) is 4.90 Å². The summed E-state index contributed by atoms with van der Waals surface area (Å²) in [5, 5.41) is 11.9. The van der Waals surface area contributed by atoms with Crippen LogP contribution in [0.4, 0.5) is 0 Å². The lowest BCUT2D eigenvalue weighted by molar-refractivity contribution is -0.138. The average Bonchev–Trinajstić information content (AvgIpc) is 2.77. The molecule has 0 saturated carbocycles. The monoisotopic (exact) mass is 226 g/mol. The molecule has 2 heterocycles. The van der Waals surface area contributed by atoms with E-state index in [4.69, 9.17) is 5.11 Å². The van der Waals surface area contributed by atoms with Crippen LogP contribution in [0.25, 0.3) is 0 Å². The van der Waals surface area contributed by atoms with Gasteiger partial charge in [-0.25, -0.2) is 0 Å². The fourth-order valence-corrected chi connectivity index (χ4v) is 2.49. The molecule has 2 saturated heterocycles. The highest BCUT2D eigenvalue weighted by molar-refractivity contribution is 5.84. The van der Waals surface area contributed by atoms with Gasteiger partial charge in [0.05, 0.1) is 18.6 Å². The largest absolute Gasteiger partial charge is 0.394 e. The van der Waals surface area contributed by atoms with Crippen LogP contribution in [0.15, 0.2) is 0 Å². The van der Waals surface area contributed by atoms with Crippen LogP contribution < -0.4 is 5.32 Å². The molecule has 0 spiro atoms. The van der Waals surface area contributed by atoms with Gasteiger partial charge in [0.15, 0.2) is 0 Å². The number of nitrogens with zero attached hydrogens (tertiary/aromatic N) is 1. The Morgan fingerprint density at radius 1 is 1.50 bits per heavy atom. The van der Waals surface area contributed by atoms with Crippen molar-refractivity contribution in [2.75, 3.05) is 19.7 Å². The van der Waals surface area contributed by atoms with Crippen molar-refractivity contribution in [2.45, 2.75) is 31.7 Å². The van der Waals surface area contributed by atoms with Crippen LogP contribution in [0.5, 0.6) is 0 Å². The number of aliphatic hydroxyl groups is 1. The third-order valence-electron chi connectivity index (χ3n) is 3.49. The summed E-state index contributed by atoms with van der Waals surface area (Å²) in [5.41, 5.74) is 0. The maximum Gasteiger partial charge on any atom is 0.227 e. The van der Waals surface area contributed by atoms with Gasteiger partial charge in [0.25, 0.3) is 0 Å². The maximum absolute atomic E-state index is 12.1. The molecular formula is C11H18N2O3. The molecule has 0 aromatic rings. The molecule has 5 nitrogen and oxygen atoms in total. The zero-order valence-corrected chi connectivity index (χ0v) is 9.32. The topological polar surface area (TPSA) is 69.6 Å². The van der Waals surface area contributed by atoms with Gasteiger partial charge in [-0.2, -0.15) is 0 Å². The Kier molecular flexibility index (Phi) is 3.43. The number of likely N-dealkylation sites (tertiary alicyclic amines) is 1. The van der Waals surface area contributed by atoms with Crippen molar-refractivity contribution in [1.29, 1.82) is 0 Å². The summed E-state index contributed by atoms with van der Waals surface area (Å²) < 4.78 is 0. The van der Waals surface area contributed by atoms with Crippen molar-refractivity contribution in [3.05, 3.63) is 0 Å². The molecule has 16 heavy (non-hydrogen) atoms. The Bertz CT molecular complexity index is 283. The van der Waals surface area contributed by atoms with Gasteiger partial charge in [-0.15, -0.1) is 0 Å². The molecule has 2 amide bonds. The number of hydrogen-bond donors (Lipinski definition) is 2. The quantitative estimate of drug-likeness (QED) is 0.666. The van der Waals surface area contributed by atoms with Crippen LogP contribution in [0.1, 0.15) is 25.7 Å². The highest BCUT2D eigenvalue weighted by Crippen LogP contribution is 2.22. The Morgan fingerprint density at radius 2 is 2.31 bits per heavy atom. The molecule has 0 radical (unpaired) electrons. The molecule has 2 rings (SSSR count). The molecule has 2 fully saturated rings. The second-order valence-corrected chi connectivity index (χ2v) is 4.55. The molecule has 2 N–H and O–H groups in total. The highest BCUT2D eigenvalue weighted by Gasteiger charge is 2.34. The summed E-state index contributed by atoms with van der Waals surface area (Å²) in [4.78, 5) is 24.9. The number of hydrogen-bond acceptors (Lipinski definition) is 3. The Balaban J connectivity index is 1.94. The van der Waals surface area contributed by atoms with Crippen molar-refractivity contribution >= 4 is 11.8 Å². The molecule has 90 valence electrons. The van der Waals surface area contributed by atoms with E-state index < -0.39 is 0 Å². The average molecular weight is 226 g/mol. The molecular weight excluding hydrogens is 208 g/mol. The summed E-state index contributed by atoms with van der Waals surface area (Å²) in [7, 11) is 0. The van der Waals surface area contributed by atoms with Gasteiger partial charge in [-0.3, -0.25) is 9.59 Å². The molecule has 0 bridgehead atoms. The van der Waals surface area contributed by atoms with E-state index in [1.807, 2.05) is 0 Å². The molecule has 0 aromatic heterocycles. The fourth-order valence-electron chi connectivity index (χ4n) is 2.49. The number of carbonyl (C=O) groups is 2. The van der Waals surface area contributed by atoms with Crippen molar-refractivity contribution in [1.82, 2.24) is 10.2 Å². The van der Waals surface area contributed by atoms with Gasteiger partial charge in [-0.05, 0) is 19.3 Å². The number of rotatable bonds is 2. The first-order valence-corrected chi connectivity index (χ1v) is 5.90. The van der Waals surface area contributed by atoms with Gasteiger partial charge in [0, 0.05) is 19.5 Å². The standard InChI is InChI=1S/C11H18N2O3/c14-7-9-2-1-5-13(9)11(16)8-3-4-10(15)12-6-8/h8-9,14H,1-7H2,(H,12,15).